The van der Waals surface area contributed by atoms with Gasteiger partial charge in [0.1, 0.15) is 17.6 Å². The molecule has 10 nitrogen and oxygen atoms in total. The zero-order chi connectivity index (χ0) is 33.8. The first-order valence-corrected chi connectivity index (χ1v) is 19.9. The molecule has 2 unspecified atom stereocenters. The summed E-state index contributed by atoms with van der Waals surface area (Å²) in [6.07, 6.45) is 2.45. The van der Waals surface area contributed by atoms with Crippen LogP contribution in [-0.4, -0.2) is 80.6 Å². The van der Waals surface area contributed by atoms with E-state index in [2.05, 4.69) is 53.8 Å². The Kier molecular flexibility index (Phi) is 10.3. The Hall–Kier alpha value is -4.03. The van der Waals surface area contributed by atoms with Crippen LogP contribution in [0, 0.1) is 5.92 Å². The molecule has 11 heteroatoms. The van der Waals surface area contributed by atoms with E-state index < -0.39 is 8.07 Å². The summed E-state index contributed by atoms with van der Waals surface area (Å²) >= 11 is 0. The van der Waals surface area contributed by atoms with Crippen LogP contribution in [0.5, 0.6) is 11.5 Å². The number of fused-ring (bicyclic) bond motifs is 1. The maximum Gasteiger partial charge on any atom is 0.240 e. The van der Waals surface area contributed by atoms with Crippen LogP contribution in [0.25, 0.3) is 0 Å². The fourth-order valence-electron chi connectivity index (χ4n) is 7.49. The third-order valence-electron chi connectivity index (χ3n) is 10.3. The second-order valence-corrected chi connectivity index (χ2v) is 18.2. The molecule has 4 aromatic rings. The second-order valence-electron chi connectivity index (χ2n) is 13.4. The van der Waals surface area contributed by atoms with Crippen LogP contribution in [-0.2, 0) is 16.1 Å². The molecule has 2 N–H and O–H groups in total. The number of aromatic nitrogens is 3. The summed E-state index contributed by atoms with van der Waals surface area (Å²) in [6.45, 7) is 9.38. The molecule has 3 aromatic carbocycles. The van der Waals surface area contributed by atoms with E-state index in [4.69, 9.17) is 14.2 Å². The number of anilines is 1. The van der Waals surface area contributed by atoms with Crippen molar-refractivity contribution in [2.45, 2.75) is 56.7 Å². The van der Waals surface area contributed by atoms with Gasteiger partial charge in [0.05, 0.1) is 46.1 Å². The number of nitrogens with one attached hydrogen (secondary N) is 1. The van der Waals surface area contributed by atoms with Gasteiger partial charge in [-0.3, -0.25) is 9.48 Å². The largest absolute Gasteiger partial charge is 0.497 e. The summed E-state index contributed by atoms with van der Waals surface area (Å²) in [7, 11) is 1.24. The third-order valence-corrected chi connectivity index (χ3v) is 14.6. The Morgan fingerprint density at radius 1 is 1.08 bits per heavy atom. The van der Waals surface area contributed by atoms with Crippen molar-refractivity contribution < 1.29 is 24.1 Å². The molecule has 2 aliphatic rings. The Balaban J connectivity index is 1.31. The predicted octanol–water partition coefficient (Wildman–Crippen LogP) is 4.51. The highest BCUT2D eigenvalue weighted by atomic mass is 28.3. The Morgan fingerprint density at radius 2 is 1.85 bits per heavy atom. The topological polar surface area (TPSA) is 111 Å². The Labute approximate surface area is 284 Å². The molecule has 0 saturated carbocycles. The van der Waals surface area contributed by atoms with Gasteiger partial charge in [-0.05, 0) is 47.9 Å². The van der Waals surface area contributed by atoms with Crippen molar-refractivity contribution in [1.82, 2.24) is 20.3 Å². The lowest BCUT2D eigenvalue weighted by Crippen LogP contribution is -2.54. The van der Waals surface area contributed by atoms with Crippen molar-refractivity contribution in [3.63, 3.8) is 0 Å². The van der Waals surface area contributed by atoms with Gasteiger partial charge in [-0.15, -0.1) is 5.10 Å². The smallest absolute Gasteiger partial charge is 0.240 e. The molecule has 6 rings (SSSR count). The number of carbonyl (C=O) groups excluding carboxylic acids is 1. The molecule has 48 heavy (non-hydrogen) atoms. The third kappa shape index (κ3) is 6.77. The quantitative estimate of drug-likeness (QED) is 0.212. The van der Waals surface area contributed by atoms with Gasteiger partial charge >= 0.3 is 0 Å². The van der Waals surface area contributed by atoms with Crippen LogP contribution < -0.4 is 24.9 Å². The van der Waals surface area contributed by atoms with E-state index in [1.165, 1.54) is 5.19 Å². The molecule has 254 valence electrons. The number of amides is 1. The first-order chi connectivity index (χ1) is 23.2. The van der Waals surface area contributed by atoms with E-state index >= 15 is 0 Å². The van der Waals surface area contributed by atoms with Crippen LogP contribution in [0.15, 0.2) is 79.0 Å². The first-order valence-electron chi connectivity index (χ1n) is 16.8. The number of carbonyl (C=O) groups is 1. The van der Waals surface area contributed by atoms with E-state index in [9.17, 15) is 9.90 Å². The number of nitrogens with zero attached hydrogens (tertiary/aromatic N) is 4. The van der Waals surface area contributed by atoms with Gasteiger partial charge < -0.3 is 29.5 Å². The number of hydrogen-bond donors (Lipinski definition) is 2. The zero-order valence-corrected chi connectivity index (χ0v) is 29.5. The van der Waals surface area contributed by atoms with Crippen LogP contribution in [0.1, 0.15) is 42.2 Å². The van der Waals surface area contributed by atoms with E-state index in [1.807, 2.05) is 70.4 Å². The van der Waals surface area contributed by atoms with Gasteiger partial charge in [0.2, 0.25) is 5.91 Å². The number of aliphatic hydroxyl groups excluding tert-OH is 1. The minimum atomic E-state index is -2.21. The minimum absolute atomic E-state index is 0.0367. The maximum absolute atomic E-state index is 12.7. The molecule has 1 aromatic heterocycles. The fourth-order valence-corrected chi connectivity index (χ4v) is 11.0. The number of methoxy groups -OCH3 is 2. The van der Waals surface area contributed by atoms with Crippen LogP contribution in [0.3, 0.4) is 0 Å². The summed E-state index contributed by atoms with van der Waals surface area (Å²) in [5.41, 5.74) is 3.79. The van der Waals surface area contributed by atoms with Crippen molar-refractivity contribution >= 4 is 24.9 Å². The highest BCUT2D eigenvalue weighted by Gasteiger charge is 2.47. The monoisotopic (exact) mass is 669 g/mol. The summed E-state index contributed by atoms with van der Waals surface area (Å²) in [5, 5.41) is 23.7. The van der Waals surface area contributed by atoms with Gasteiger partial charge in [-0.25, -0.2) is 0 Å². The maximum atomic E-state index is 12.7. The number of hydrogen-bond acceptors (Lipinski definition) is 8. The molecular formula is C37H47N5O5Si. The zero-order valence-electron chi connectivity index (χ0n) is 28.5. The molecule has 0 spiro atoms. The lowest BCUT2D eigenvalue weighted by Gasteiger charge is -2.46. The van der Waals surface area contributed by atoms with E-state index in [0.717, 1.165) is 47.0 Å². The van der Waals surface area contributed by atoms with E-state index in [-0.39, 0.29) is 42.1 Å². The molecular weight excluding hydrogens is 623 g/mol. The Bertz CT molecular complexity index is 1680. The van der Waals surface area contributed by atoms with Crippen molar-refractivity contribution in [1.29, 1.82) is 0 Å². The van der Waals surface area contributed by atoms with Crippen molar-refractivity contribution in [2.24, 2.45) is 5.92 Å². The predicted molar refractivity (Wildman–Crippen MR) is 189 cm³/mol. The van der Waals surface area contributed by atoms with Gasteiger partial charge in [0.15, 0.2) is 0 Å². The van der Waals surface area contributed by atoms with E-state index in [0.29, 0.717) is 19.6 Å². The normalized spacial score (nSPS) is 20.9. The van der Waals surface area contributed by atoms with Crippen molar-refractivity contribution in [2.75, 3.05) is 45.4 Å². The second kappa shape index (κ2) is 14.6. The molecule has 2 aliphatic heterocycles. The number of benzene rings is 3. The number of aliphatic hydroxyl groups is 1. The molecule has 1 saturated heterocycles. The number of aryl methyl sites for hydroxylation is 1. The summed E-state index contributed by atoms with van der Waals surface area (Å²) in [6, 6.07) is 24.5. The number of piperazine rings is 1. The molecule has 0 radical (unpaired) electrons. The van der Waals surface area contributed by atoms with Gasteiger partial charge in [-0.1, -0.05) is 72.9 Å². The fraction of sp³-hybridized carbons (Fsp3) is 0.432. The highest BCUT2D eigenvalue weighted by molar-refractivity contribution is 6.91. The molecule has 0 bridgehead atoms. The summed E-state index contributed by atoms with van der Waals surface area (Å²) in [5.74, 6) is 1.51. The molecule has 0 aliphatic carbocycles. The minimum Gasteiger partial charge on any atom is -0.497 e. The lowest BCUT2D eigenvalue weighted by atomic mass is 9.86. The lowest BCUT2D eigenvalue weighted by molar-refractivity contribution is -0.118. The van der Waals surface area contributed by atoms with Crippen LogP contribution in [0.4, 0.5) is 5.69 Å². The standard InChI is InChI=1S/C37H47N5O5Si/c1-25-36(46-3)30-21-27(42-20-18-38-22-35(42)44)11-16-33(30)47-37(25)34(48(4,5)29-14-12-28(45-2)13-15-29)17-19-41-23-32(39-40-41)31(24-43)26-9-7-6-8-10-26/h6-16,21,23,25,31,34,36-38,43H,17-20,22,24H2,1-5H3/t25-,31?,34?,36-,37-/m1/s1. The van der Waals surface area contributed by atoms with Gasteiger partial charge in [0.25, 0.3) is 0 Å². The summed E-state index contributed by atoms with van der Waals surface area (Å²) < 4.78 is 20.6. The van der Waals surface area contributed by atoms with Crippen LogP contribution in [0.2, 0.25) is 18.6 Å². The van der Waals surface area contributed by atoms with Crippen molar-refractivity contribution in [3.8, 4) is 11.5 Å². The average Bonchev–Trinajstić information content (AvgIpc) is 3.57. The van der Waals surface area contributed by atoms with Gasteiger partial charge in [0, 0.05) is 50.1 Å². The molecule has 1 amide bonds. The van der Waals surface area contributed by atoms with Gasteiger partial charge in [-0.2, -0.15) is 0 Å². The SMILES string of the molecule is COc1ccc([Si](C)(C)C(CCn2cc(C(CO)c3ccccc3)nn2)[C@@H]2Oc3ccc(N4CCNCC4=O)cc3[C@H](OC)[C@H]2C)cc1. The van der Waals surface area contributed by atoms with Crippen molar-refractivity contribution in [3.05, 3.63) is 95.8 Å². The Morgan fingerprint density at radius 3 is 2.54 bits per heavy atom. The summed E-state index contributed by atoms with van der Waals surface area (Å²) in [4.78, 5) is 14.5. The number of ether oxygens (including phenoxy) is 3. The molecule has 3 heterocycles. The van der Waals surface area contributed by atoms with Crippen LogP contribution >= 0.6 is 0 Å². The average molecular weight is 670 g/mol. The highest BCUT2D eigenvalue weighted by Crippen LogP contribution is 2.48. The molecule has 5 atom stereocenters. The van der Waals surface area contributed by atoms with E-state index in [1.54, 1.807) is 14.2 Å². The molecule has 1 fully saturated rings. The first kappa shape index (κ1) is 33.9. The number of rotatable bonds is 12.